The predicted molar refractivity (Wildman–Crippen MR) is 118 cm³/mol. The van der Waals surface area contributed by atoms with Gasteiger partial charge in [-0.2, -0.15) is 0 Å². The highest BCUT2D eigenvalue weighted by molar-refractivity contribution is 7.99. The number of thioether (sulfide) groups is 1. The second kappa shape index (κ2) is 10.0. The van der Waals surface area contributed by atoms with Crippen LogP contribution in [0.4, 0.5) is 4.79 Å². The van der Waals surface area contributed by atoms with Crippen LogP contribution in [0.5, 0.6) is 0 Å². The summed E-state index contributed by atoms with van der Waals surface area (Å²) < 4.78 is 7.35. The maximum atomic E-state index is 12.3. The van der Waals surface area contributed by atoms with Crippen LogP contribution in [0.15, 0.2) is 52.2 Å². The van der Waals surface area contributed by atoms with Crippen molar-refractivity contribution in [3.05, 3.63) is 53.4 Å². The van der Waals surface area contributed by atoms with E-state index in [9.17, 15) is 9.59 Å². The van der Waals surface area contributed by atoms with E-state index in [4.69, 9.17) is 16.0 Å². The molecule has 0 saturated heterocycles. The molecule has 0 unspecified atom stereocenters. The molecule has 3 aromatic rings. The minimum absolute atomic E-state index is 0.0367. The molecule has 2 heterocycles. The average Bonchev–Trinajstić information content (AvgIpc) is 3.51. The Morgan fingerprint density at radius 1 is 1.16 bits per heavy atom. The summed E-state index contributed by atoms with van der Waals surface area (Å²) in [6, 6.07) is 10.7. The van der Waals surface area contributed by atoms with Crippen molar-refractivity contribution in [2.75, 3.05) is 5.75 Å². The Morgan fingerprint density at radius 3 is 2.65 bits per heavy atom. The van der Waals surface area contributed by atoms with Gasteiger partial charge in [0.2, 0.25) is 5.91 Å². The van der Waals surface area contributed by atoms with E-state index in [1.807, 2.05) is 28.8 Å². The minimum atomic E-state index is -0.448. The van der Waals surface area contributed by atoms with Gasteiger partial charge >= 0.3 is 6.03 Å². The molecule has 0 aliphatic heterocycles. The molecule has 1 aromatic carbocycles. The standard InChI is InChI=1S/C21H22ClN5O3S/c22-15-9-7-14(8-10-15)19-25-26-21(27(19)12-17-6-3-11-30-17)31-13-18(28)24-20(29)23-16-4-1-2-5-16/h3,6-11,16H,1-2,4-5,12-13H2,(H2,23,24,28,29). The first-order chi connectivity index (χ1) is 15.1. The fourth-order valence-electron chi connectivity index (χ4n) is 3.49. The molecule has 3 amide bonds. The van der Waals surface area contributed by atoms with Crippen molar-refractivity contribution < 1.29 is 14.0 Å². The molecule has 1 saturated carbocycles. The molecule has 0 radical (unpaired) electrons. The lowest BCUT2D eigenvalue weighted by molar-refractivity contribution is -0.117. The molecular formula is C21H22ClN5O3S. The van der Waals surface area contributed by atoms with E-state index < -0.39 is 6.03 Å². The molecule has 8 nitrogen and oxygen atoms in total. The number of aromatic nitrogens is 3. The number of carbonyl (C=O) groups is 2. The molecule has 1 aliphatic rings. The minimum Gasteiger partial charge on any atom is -0.467 e. The zero-order valence-corrected chi connectivity index (χ0v) is 18.3. The van der Waals surface area contributed by atoms with Gasteiger partial charge in [-0.1, -0.05) is 36.2 Å². The smallest absolute Gasteiger partial charge is 0.321 e. The highest BCUT2D eigenvalue weighted by atomic mass is 35.5. The van der Waals surface area contributed by atoms with Crippen molar-refractivity contribution in [1.82, 2.24) is 25.4 Å². The third kappa shape index (κ3) is 5.68. The average molecular weight is 460 g/mol. The number of amides is 3. The van der Waals surface area contributed by atoms with Crippen LogP contribution in [-0.2, 0) is 11.3 Å². The summed E-state index contributed by atoms with van der Waals surface area (Å²) in [7, 11) is 0. The Balaban J connectivity index is 1.43. The van der Waals surface area contributed by atoms with Crippen LogP contribution in [0, 0.1) is 0 Å². The fraction of sp³-hybridized carbons (Fsp3) is 0.333. The van der Waals surface area contributed by atoms with Crippen LogP contribution in [0.25, 0.3) is 11.4 Å². The zero-order valence-electron chi connectivity index (χ0n) is 16.7. The summed E-state index contributed by atoms with van der Waals surface area (Å²) >= 11 is 7.21. The van der Waals surface area contributed by atoms with Crippen LogP contribution in [0.2, 0.25) is 5.02 Å². The first-order valence-corrected chi connectivity index (χ1v) is 11.4. The third-order valence-electron chi connectivity index (χ3n) is 4.99. The monoisotopic (exact) mass is 459 g/mol. The number of halogens is 1. The molecule has 2 aromatic heterocycles. The van der Waals surface area contributed by atoms with Gasteiger partial charge < -0.3 is 9.73 Å². The first-order valence-electron chi connectivity index (χ1n) is 10.0. The summed E-state index contributed by atoms with van der Waals surface area (Å²) in [6.45, 7) is 0.407. The summed E-state index contributed by atoms with van der Waals surface area (Å²) in [4.78, 5) is 24.3. The number of benzene rings is 1. The van der Waals surface area contributed by atoms with Gasteiger partial charge in [0.1, 0.15) is 5.76 Å². The molecule has 162 valence electrons. The number of nitrogens with zero attached hydrogens (tertiary/aromatic N) is 3. The van der Waals surface area contributed by atoms with Crippen molar-refractivity contribution in [1.29, 1.82) is 0 Å². The molecule has 2 N–H and O–H groups in total. The number of furan rings is 1. The second-order valence-electron chi connectivity index (χ2n) is 7.27. The lowest BCUT2D eigenvalue weighted by atomic mass is 10.2. The molecule has 1 aliphatic carbocycles. The van der Waals surface area contributed by atoms with Gasteiger partial charge in [-0.15, -0.1) is 10.2 Å². The van der Waals surface area contributed by atoms with E-state index in [2.05, 4.69) is 20.8 Å². The largest absolute Gasteiger partial charge is 0.467 e. The maximum Gasteiger partial charge on any atom is 0.321 e. The van der Waals surface area contributed by atoms with Gasteiger partial charge in [0.05, 0.1) is 18.6 Å². The van der Waals surface area contributed by atoms with E-state index in [-0.39, 0.29) is 17.7 Å². The highest BCUT2D eigenvalue weighted by Crippen LogP contribution is 2.26. The number of rotatable bonds is 7. The van der Waals surface area contributed by atoms with E-state index in [0.717, 1.165) is 37.0 Å². The Kier molecular flexibility index (Phi) is 6.93. The predicted octanol–water partition coefficient (Wildman–Crippen LogP) is 4.10. The number of hydrogen-bond donors (Lipinski definition) is 2. The Bertz CT molecular complexity index is 1030. The number of imide groups is 1. The lowest BCUT2D eigenvalue weighted by Crippen LogP contribution is -2.44. The van der Waals surface area contributed by atoms with Gasteiger partial charge in [-0.05, 0) is 49.2 Å². The van der Waals surface area contributed by atoms with E-state index in [1.165, 1.54) is 11.8 Å². The third-order valence-corrected chi connectivity index (χ3v) is 6.21. The van der Waals surface area contributed by atoms with Crippen molar-refractivity contribution >= 4 is 35.3 Å². The molecule has 1 fully saturated rings. The molecule has 31 heavy (non-hydrogen) atoms. The van der Waals surface area contributed by atoms with Crippen molar-refractivity contribution in [3.63, 3.8) is 0 Å². The highest BCUT2D eigenvalue weighted by Gasteiger charge is 2.20. The van der Waals surface area contributed by atoms with Gasteiger partial charge in [0, 0.05) is 16.6 Å². The number of urea groups is 1. The van der Waals surface area contributed by atoms with E-state index in [0.29, 0.717) is 22.5 Å². The lowest BCUT2D eigenvalue weighted by Gasteiger charge is -2.12. The summed E-state index contributed by atoms with van der Waals surface area (Å²) in [5, 5.41) is 15.0. The van der Waals surface area contributed by atoms with E-state index >= 15 is 0 Å². The Labute approximate surface area is 188 Å². The SMILES string of the molecule is O=C(CSc1nnc(-c2ccc(Cl)cc2)n1Cc1ccco1)NC(=O)NC1CCCC1. The topological polar surface area (TPSA) is 102 Å². The quantitative estimate of drug-likeness (QED) is 0.516. The molecule has 0 bridgehead atoms. The van der Waals surface area contributed by atoms with Gasteiger partial charge in [-0.25, -0.2) is 4.79 Å². The zero-order chi connectivity index (χ0) is 21.6. The van der Waals surface area contributed by atoms with Gasteiger partial charge in [-0.3, -0.25) is 14.7 Å². The summed E-state index contributed by atoms with van der Waals surface area (Å²) in [6.07, 6.45) is 5.73. The Hall–Kier alpha value is -2.78. The molecule has 4 rings (SSSR count). The second-order valence-corrected chi connectivity index (χ2v) is 8.65. The van der Waals surface area contributed by atoms with Crippen LogP contribution < -0.4 is 10.6 Å². The van der Waals surface area contributed by atoms with E-state index in [1.54, 1.807) is 18.4 Å². The van der Waals surface area contributed by atoms with Crippen molar-refractivity contribution in [3.8, 4) is 11.4 Å². The van der Waals surface area contributed by atoms with Crippen LogP contribution in [0.1, 0.15) is 31.4 Å². The first kappa shape index (κ1) is 21.5. The fourth-order valence-corrected chi connectivity index (χ4v) is 4.36. The summed E-state index contributed by atoms with van der Waals surface area (Å²) in [5.41, 5.74) is 0.843. The van der Waals surface area contributed by atoms with Crippen LogP contribution in [-0.4, -0.2) is 38.5 Å². The van der Waals surface area contributed by atoms with Crippen LogP contribution in [0.3, 0.4) is 0 Å². The molecule has 10 heteroatoms. The van der Waals surface area contributed by atoms with Gasteiger partial charge in [0.15, 0.2) is 11.0 Å². The molecular weight excluding hydrogens is 438 g/mol. The summed E-state index contributed by atoms with van der Waals surface area (Å²) in [5.74, 6) is 1.02. The van der Waals surface area contributed by atoms with Crippen LogP contribution >= 0.6 is 23.4 Å². The normalized spacial score (nSPS) is 14.0. The Morgan fingerprint density at radius 2 is 1.94 bits per heavy atom. The van der Waals surface area contributed by atoms with Gasteiger partial charge in [0.25, 0.3) is 0 Å². The number of hydrogen-bond acceptors (Lipinski definition) is 6. The molecule has 0 atom stereocenters. The number of carbonyl (C=O) groups excluding carboxylic acids is 2. The number of nitrogens with one attached hydrogen (secondary N) is 2. The maximum absolute atomic E-state index is 12.3. The van der Waals surface area contributed by atoms with Crippen molar-refractivity contribution in [2.45, 2.75) is 43.4 Å². The van der Waals surface area contributed by atoms with Crippen molar-refractivity contribution in [2.24, 2.45) is 0 Å². The molecule has 0 spiro atoms.